The fraction of sp³-hybridized carbons (Fsp3) is 0.533. The predicted octanol–water partition coefficient (Wildman–Crippen LogP) is 2.40. The minimum Gasteiger partial charge on any atom is -0.319 e. The molecule has 2 N–H and O–H groups in total. The van der Waals surface area contributed by atoms with E-state index in [-0.39, 0.29) is 5.54 Å². The molecule has 1 aliphatic carbocycles. The lowest BCUT2D eigenvalue weighted by atomic mass is 9.82. The SMILES string of the molecule is Cc1cc(C)cc(-n2nnnc2C2(N)CCCCC2)c1. The molecule has 1 aromatic heterocycles. The lowest BCUT2D eigenvalue weighted by Gasteiger charge is -2.31. The molecule has 3 rings (SSSR count). The van der Waals surface area contributed by atoms with Crippen molar-refractivity contribution in [3.05, 3.63) is 35.2 Å². The van der Waals surface area contributed by atoms with E-state index in [0.717, 1.165) is 37.2 Å². The molecule has 0 aliphatic heterocycles. The summed E-state index contributed by atoms with van der Waals surface area (Å²) in [6.45, 7) is 4.17. The Morgan fingerprint density at radius 2 is 1.70 bits per heavy atom. The van der Waals surface area contributed by atoms with Gasteiger partial charge in [0.05, 0.1) is 11.2 Å². The summed E-state index contributed by atoms with van der Waals surface area (Å²) in [5.74, 6) is 0.794. The molecule has 0 bridgehead atoms. The number of nitrogens with zero attached hydrogens (tertiary/aromatic N) is 4. The quantitative estimate of drug-likeness (QED) is 0.910. The van der Waals surface area contributed by atoms with Gasteiger partial charge in [-0.1, -0.05) is 25.3 Å². The molecule has 106 valence electrons. The van der Waals surface area contributed by atoms with Crippen molar-refractivity contribution in [1.29, 1.82) is 0 Å². The van der Waals surface area contributed by atoms with E-state index in [1.165, 1.54) is 17.5 Å². The van der Waals surface area contributed by atoms with Crippen molar-refractivity contribution in [1.82, 2.24) is 20.2 Å². The first kappa shape index (κ1) is 13.2. The highest BCUT2D eigenvalue weighted by atomic mass is 15.5. The van der Waals surface area contributed by atoms with Crippen LogP contribution in [0.5, 0.6) is 0 Å². The van der Waals surface area contributed by atoms with Crippen LogP contribution in [-0.4, -0.2) is 20.2 Å². The lowest BCUT2D eigenvalue weighted by molar-refractivity contribution is 0.282. The van der Waals surface area contributed by atoms with Gasteiger partial charge in [-0.15, -0.1) is 5.10 Å². The van der Waals surface area contributed by atoms with Crippen LogP contribution in [0.15, 0.2) is 18.2 Å². The average molecular weight is 271 g/mol. The van der Waals surface area contributed by atoms with Gasteiger partial charge in [0.2, 0.25) is 0 Å². The Morgan fingerprint density at radius 1 is 1.05 bits per heavy atom. The van der Waals surface area contributed by atoms with Gasteiger partial charge in [0, 0.05) is 0 Å². The summed E-state index contributed by atoms with van der Waals surface area (Å²) in [4.78, 5) is 0. The molecule has 20 heavy (non-hydrogen) atoms. The van der Waals surface area contributed by atoms with Crippen molar-refractivity contribution < 1.29 is 0 Å². The Morgan fingerprint density at radius 3 is 2.35 bits per heavy atom. The third-order valence-electron chi connectivity index (χ3n) is 4.11. The Hall–Kier alpha value is -1.75. The average Bonchev–Trinajstić information content (AvgIpc) is 2.88. The van der Waals surface area contributed by atoms with Crippen molar-refractivity contribution in [3.63, 3.8) is 0 Å². The summed E-state index contributed by atoms with van der Waals surface area (Å²) < 4.78 is 1.81. The zero-order valence-electron chi connectivity index (χ0n) is 12.1. The van der Waals surface area contributed by atoms with E-state index in [9.17, 15) is 0 Å². The van der Waals surface area contributed by atoms with Gasteiger partial charge < -0.3 is 5.73 Å². The molecule has 1 aromatic carbocycles. The Kier molecular flexibility index (Phi) is 3.30. The number of aromatic nitrogens is 4. The second-order valence-corrected chi connectivity index (χ2v) is 5.98. The van der Waals surface area contributed by atoms with E-state index in [4.69, 9.17) is 5.73 Å². The molecule has 0 radical (unpaired) electrons. The summed E-state index contributed by atoms with van der Waals surface area (Å²) in [6, 6.07) is 6.34. The van der Waals surface area contributed by atoms with Gasteiger partial charge in [-0.2, -0.15) is 4.68 Å². The Balaban J connectivity index is 2.05. The van der Waals surface area contributed by atoms with Gasteiger partial charge >= 0.3 is 0 Å². The maximum Gasteiger partial charge on any atom is 0.176 e. The first-order valence-electron chi connectivity index (χ1n) is 7.25. The summed E-state index contributed by atoms with van der Waals surface area (Å²) in [5, 5.41) is 12.3. The third-order valence-corrected chi connectivity index (χ3v) is 4.11. The smallest absolute Gasteiger partial charge is 0.176 e. The molecule has 2 aromatic rings. The molecule has 1 aliphatic rings. The summed E-state index contributed by atoms with van der Waals surface area (Å²) >= 11 is 0. The second-order valence-electron chi connectivity index (χ2n) is 5.98. The summed E-state index contributed by atoms with van der Waals surface area (Å²) in [7, 11) is 0. The lowest BCUT2D eigenvalue weighted by Crippen LogP contribution is -2.41. The van der Waals surface area contributed by atoms with Gasteiger partial charge in [-0.05, 0) is 60.4 Å². The highest BCUT2D eigenvalue weighted by molar-refractivity contribution is 5.39. The molecule has 5 heteroatoms. The van der Waals surface area contributed by atoms with Crippen LogP contribution in [0.3, 0.4) is 0 Å². The number of aryl methyl sites for hydroxylation is 2. The van der Waals surface area contributed by atoms with Crippen molar-refractivity contribution in [2.45, 2.75) is 51.5 Å². The number of hydrogen-bond acceptors (Lipinski definition) is 4. The van der Waals surface area contributed by atoms with Gasteiger partial charge in [0.15, 0.2) is 5.82 Å². The molecule has 0 saturated heterocycles. The van der Waals surface area contributed by atoms with Crippen molar-refractivity contribution in [2.24, 2.45) is 5.73 Å². The third kappa shape index (κ3) is 2.33. The summed E-state index contributed by atoms with van der Waals surface area (Å²) in [5.41, 5.74) is 9.59. The highest BCUT2D eigenvalue weighted by Crippen LogP contribution is 2.34. The van der Waals surface area contributed by atoms with Crippen LogP contribution in [0.4, 0.5) is 0 Å². The second kappa shape index (κ2) is 4.98. The number of hydrogen-bond donors (Lipinski definition) is 1. The number of rotatable bonds is 2. The topological polar surface area (TPSA) is 69.6 Å². The molecule has 0 amide bonds. The van der Waals surface area contributed by atoms with Crippen LogP contribution in [0, 0.1) is 13.8 Å². The van der Waals surface area contributed by atoms with Gasteiger partial charge in [0.25, 0.3) is 0 Å². The predicted molar refractivity (Wildman–Crippen MR) is 77.6 cm³/mol. The van der Waals surface area contributed by atoms with Gasteiger partial charge in [-0.3, -0.25) is 0 Å². The number of benzene rings is 1. The van der Waals surface area contributed by atoms with E-state index < -0.39 is 0 Å². The van der Waals surface area contributed by atoms with Crippen LogP contribution in [-0.2, 0) is 5.54 Å². The molecule has 5 nitrogen and oxygen atoms in total. The Labute approximate surface area is 119 Å². The minimum absolute atomic E-state index is 0.389. The van der Waals surface area contributed by atoms with Crippen LogP contribution in [0.1, 0.15) is 49.1 Å². The normalized spacial score (nSPS) is 18.1. The maximum atomic E-state index is 6.58. The molecule has 1 fully saturated rings. The Bertz CT molecular complexity index is 590. The maximum absolute atomic E-state index is 6.58. The van der Waals surface area contributed by atoms with Crippen LogP contribution >= 0.6 is 0 Å². The zero-order valence-corrected chi connectivity index (χ0v) is 12.1. The van der Waals surface area contributed by atoms with Crippen LogP contribution in [0.25, 0.3) is 5.69 Å². The molecular formula is C15H21N5. The van der Waals surface area contributed by atoms with E-state index in [1.54, 1.807) is 0 Å². The standard InChI is InChI=1S/C15H21N5/c1-11-8-12(2)10-13(9-11)20-14(17-18-19-20)15(16)6-4-3-5-7-15/h8-10H,3-7,16H2,1-2H3. The fourth-order valence-electron chi connectivity index (χ4n) is 3.15. The first-order chi connectivity index (χ1) is 9.58. The minimum atomic E-state index is -0.389. The molecule has 0 unspecified atom stereocenters. The largest absolute Gasteiger partial charge is 0.319 e. The van der Waals surface area contributed by atoms with Gasteiger partial charge in [-0.25, -0.2) is 0 Å². The summed E-state index contributed by atoms with van der Waals surface area (Å²) in [6.07, 6.45) is 5.47. The molecule has 0 spiro atoms. The monoisotopic (exact) mass is 271 g/mol. The molecule has 1 heterocycles. The van der Waals surface area contributed by atoms with Crippen molar-refractivity contribution in [3.8, 4) is 5.69 Å². The van der Waals surface area contributed by atoms with E-state index in [0.29, 0.717) is 0 Å². The number of nitrogens with two attached hydrogens (primary N) is 1. The van der Waals surface area contributed by atoms with E-state index in [2.05, 4.69) is 47.6 Å². The van der Waals surface area contributed by atoms with Crippen LogP contribution < -0.4 is 5.73 Å². The van der Waals surface area contributed by atoms with Crippen molar-refractivity contribution in [2.75, 3.05) is 0 Å². The zero-order chi connectivity index (χ0) is 14.2. The highest BCUT2D eigenvalue weighted by Gasteiger charge is 2.35. The molecule has 1 saturated carbocycles. The van der Waals surface area contributed by atoms with E-state index >= 15 is 0 Å². The first-order valence-corrected chi connectivity index (χ1v) is 7.25. The fourth-order valence-corrected chi connectivity index (χ4v) is 3.15. The molecular weight excluding hydrogens is 250 g/mol. The van der Waals surface area contributed by atoms with Crippen molar-refractivity contribution >= 4 is 0 Å². The van der Waals surface area contributed by atoms with E-state index in [1.807, 2.05) is 4.68 Å². The van der Waals surface area contributed by atoms with Crippen LogP contribution in [0.2, 0.25) is 0 Å². The molecule has 0 atom stereocenters. The number of tetrazole rings is 1. The van der Waals surface area contributed by atoms with Gasteiger partial charge in [0.1, 0.15) is 0 Å².